The fourth-order valence-corrected chi connectivity index (χ4v) is 3.45. The van der Waals surface area contributed by atoms with Gasteiger partial charge in [-0.3, -0.25) is 0 Å². The second-order valence-corrected chi connectivity index (χ2v) is 6.07. The van der Waals surface area contributed by atoms with E-state index >= 15 is 0 Å². The second-order valence-electron chi connectivity index (χ2n) is 4.48. The molecular weight excluding hydrogens is 334 g/mol. The molecule has 3 rings (SSSR count). The number of rotatable bonds is 4. The molecule has 0 atom stereocenters. The summed E-state index contributed by atoms with van der Waals surface area (Å²) in [6.07, 6.45) is 3.11. The lowest BCUT2D eigenvalue weighted by Gasteiger charge is -1.96. The Morgan fingerprint density at radius 3 is 2.90 bits per heavy atom. The van der Waals surface area contributed by atoms with Crippen LogP contribution in [0.15, 0.2) is 46.4 Å². The van der Waals surface area contributed by atoms with Gasteiger partial charge in [0.1, 0.15) is 5.76 Å². The van der Waals surface area contributed by atoms with Crippen molar-refractivity contribution in [2.75, 3.05) is 5.33 Å². The van der Waals surface area contributed by atoms with Crippen molar-refractivity contribution in [2.45, 2.75) is 13.3 Å². The molecule has 0 radical (unpaired) electrons. The smallest absolute Gasteiger partial charge is 0.163 e. The first-order chi connectivity index (χ1) is 9.80. The van der Waals surface area contributed by atoms with Gasteiger partial charge in [-0.25, -0.2) is 4.98 Å². The normalized spacial score (nSPS) is 12.2. The molecule has 4 heteroatoms. The number of benzene rings is 1. The number of aromatic nitrogens is 1. The van der Waals surface area contributed by atoms with Crippen LogP contribution in [-0.4, -0.2) is 10.3 Å². The van der Waals surface area contributed by atoms with Crippen molar-refractivity contribution in [3.05, 3.63) is 47.7 Å². The summed E-state index contributed by atoms with van der Waals surface area (Å²) < 4.78 is 7.07. The first kappa shape index (κ1) is 13.6. The number of furan rings is 1. The van der Waals surface area contributed by atoms with Crippen molar-refractivity contribution in [3.8, 4) is 10.8 Å². The molecule has 2 heterocycles. The van der Waals surface area contributed by atoms with Gasteiger partial charge >= 0.3 is 0 Å². The van der Waals surface area contributed by atoms with Crippen molar-refractivity contribution in [1.29, 1.82) is 0 Å². The van der Waals surface area contributed by atoms with Crippen LogP contribution in [0.25, 0.3) is 27.1 Å². The van der Waals surface area contributed by atoms with E-state index in [-0.39, 0.29) is 0 Å². The van der Waals surface area contributed by atoms with Crippen LogP contribution >= 0.6 is 27.3 Å². The van der Waals surface area contributed by atoms with Gasteiger partial charge in [0, 0.05) is 5.33 Å². The zero-order valence-electron chi connectivity index (χ0n) is 11.1. The summed E-state index contributed by atoms with van der Waals surface area (Å²) in [7, 11) is 0. The van der Waals surface area contributed by atoms with Gasteiger partial charge in [-0.1, -0.05) is 40.6 Å². The number of allylic oxidation sites excluding steroid dienone is 1. The molecule has 0 aliphatic carbocycles. The third-order valence-corrected chi connectivity index (χ3v) is 4.87. The van der Waals surface area contributed by atoms with Crippen LogP contribution in [0.3, 0.4) is 0 Å². The molecule has 0 saturated carbocycles. The zero-order valence-corrected chi connectivity index (χ0v) is 13.5. The molecule has 102 valence electrons. The average molecular weight is 348 g/mol. The summed E-state index contributed by atoms with van der Waals surface area (Å²) in [6.45, 7) is 2.14. The van der Waals surface area contributed by atoms with Gasteiger partial charge in [0.2, 0.25) is 0 Å². The minimum absolute atomic E-state index is 0.836. The van der Waals surface area contributed by atoms with E-state index in [1.54, 1.807) is 11.3 Å². The van der Waals surface area contributed by atoms with E-state index in [1.165, 1.54) is 10.3 Å². The number of para-hydroxylation sites is 1. The third-order valence-electron chi connectivity index (χ3n) is 3.10. The van der Waals surface area contributed by atoms with E-state index in [4.69, 9.17) is 4.42 Å². The Kier molecular flexibility index (Phi) is 4.03. The standard InChI is InChI=1S/C16H14BrNOS/c1-2-11(10-17)9-12-7-8-14(19-12)16-18-13-5-3-4-6-15(13)20-16/h3-9H,2,10H2,1H3. The van der Waals surface area contributed by atoms with Gasteiger partial charge < -0.3 is 4.42 Å². The lowest BCUT2D eigenvalue weighted by molar-refractivity contribution is 0.571. The van der Waals surface area contributed by atoms with Crippen molar-refractivity contribution in [2.24, 2.45) is 0 Å². The van der Waals surface area contributed by atoms with E-state index in [9.17, 15) is 0 Å². The van der Waals surface area contributed by atoms with Crippen LogP contribution in [0, 0.1) is 0 Å². The second kappa shape index (κ2) is 5.94. The summed E-state index contributed by atoms with van der Waals surface area (Å²) in [5.74, 6) is 1.72. The van der Waals surface area contributed by atoms with Crippen LogP contribution in [-0.2, 0) is 0 Å². The number of alkyl halides is 1. The quantitative estimate of drug-likeness (QED) is 0.562. The van der Waals surface area contributed by atoms with Gasteiger partial charge in [0.25, 0.3) is 0 Å². The van der Waals surface area contributed by atoms with Crippen LogP contribution < -0.4 is 0 Å². The summed E-state index contributed by atoms with van der Waals surface area (Å²) in [6, 6.07) is 12.1. The molecule has 0 amide bonds. The highest BCUT2D eigenvalue weighted by molar-refractivity contribution is 9.09. The Morgan fingerprint density at radius 1 is 1.30 bits per heavy atom. The Balaban J connectivity index is 1.95. The fraction of sp³-hybridized carbons (Fsp3) is 0.188. The number of halogens is 1. The minimum atomic E-state index is 0.836. The third kappa shape index (κ3) is 2.72. The maximum Gasteiger partial charge on any atom is 0.163 e. The topological polar surface area (TPSA) is 26.0 Å². The SMILES string of the molecule is CCC(=Cc1ccc(-c2nc3ccccc3s2)o1)CBr. The lowest BCUT2D eigenvalue weighted by atomic mass is 10.2. The Morgan fingerprint density at radius 2 is 2.15 bits per heavy atom. The number of thiazole rings is 1. The van der Waals surface area contributed by atoms with Crippen LogP contribution in [0.1, 0.15) is 19.1 Å². The lowest BCUT2D eigenvalue weighted by Crippen LogP contribution is -1.80. The number of nitrogens with zero attached hydrogens (tertiary/aromatic N) is 1. The largest absolute Gasteiger partial charge is 0.454 e. The molecule has 0 aliphatic rings. The summed E-state index contributed by atoms with van der Waals surface area (Å²) in [5, 5.41) is 1.81. The maximum atomic E-state index is 5.88. The highest BCUT2D eigenvalue weighted by Gasteiger charge is 2.09. The molecule has 1 aromatic carbocycles. The van der Waals surface area contributed by atoms with Gasteiger partial charge in [-0.05, 0) is 36.8 Å². The minimum Gasteiger partial charge on any atom is -0.454 e. The molecule has 0 unspecified atom stereocenters. The monoisotopic (exact) mass is 347 g/mol. The number of hydrogen-bond donors (Lipinski definition) is 0. The zero-order chi connectivity index (χ0) is 13.9. The first-order valence-corrected chi connectivity index (χ1v) is 8.45. The Hall–Kier alpha value is -1.39. The van der Waals surface area contributed by atoms with Crippen molar-refractivity contribution >= 4 is 43.6 Å². The first-order valence-electron chi connectivity index (χ1n) is 6.51. The maximum absolute atomic E-state index is 5.88. The molecule has 0 saturated heterocycles. The molecule has 0 fully saturated rings. The molecule has 20 heavy (non-hydrogen) atoms. The molecule has 0 aliphatic heterocycles. The van der Waals surface area contributed by atoms with Crippen LogP contribution in [0.5, 0.6) is 0 Å². The molecule has 2 nitrogen and oxygen atoms in total. The fourth-order valence-electron chi connectivity index (χ4n) is 1.96. The summed E-state index contributed by atoms with van der Waals surface area (Å²) in [4.78, 5) is 4.61. The summed E-state index contributed by atoms with van der Waals surface area (Å²) >= 11 is 5.15. The molecular formula is C16H14BrNOS. The molecule has 0 N–H and O–H groups in total. The molecule has 3 aromatic rings. The predicted octanol–water partition coefficient (Wildman–Crippen LogP) is 5.74. The Labute approximate surface area is 130 Å². The van der Waals surface area contributed by atoms with Gasteiger partial charge in [0.05, 0.1) is 10.2 Å². The highest BCUT2D eigenvalue weighted by atomic mass is 79.9. The van der Waals surface area contributed by atoms with Gasteiger partial charge in [0.15, 0.2) is 10.8 Å². The summed E-state index contributed by atoms with van der Waals surface area (Å²) in [5.41, 5.74) is 2.34. The predicted molar refractivity (Wildman–Crippen MR) is 89.4 cm³/mol. The van der Waals surface area contributed by atoms with E-state index < -0.39 is 0 Å². The Bertz CT molecular complexity index is 718. The van der Waals surface area contributed by atoms with E-state index in [0.29, 0.717) is 0 Å². The average Bonchev–Trinajstić information content (AvgIpc) is 3.10. The van der Waals surface area contributed by atoms with E-state index in [1.807, 2.05) is 30.3 Å². The van der Waals surface area contributed by atoms with E-state index in [0.717, 1.165) is 33.8 Å². The van der Waals surface area contributed by atoms with Gasteiger partial charge in [-0.2, -0.15) is 0 Å². The van der Waals surface area contributed by atoms with Gasteiger partial charge in [-0.15, -0.1) is 11.3 Å². The van der Waals surface area contributed by atoms with Crippen LogP contribution in [0.4, 0.5) is 0 Å². The van der Waals surface area contributed by atoms with Crippen LogP contribution in [0.2, 0.25) is 0 Å². The van der Waals surface area contributed by atoms with Crippen molar-refractivity contribution in [1.82, 2.24) is 4.98 Å². The molecule has 2 aromatic heterocycles. The molecule has 0 bridgehead atoms. The van der Waals surface area contributed by atoms with Crippen molar-refractivity contribution < 1.29 is 4.42 Å². The van der Waals surface area contributed by atoms with Crippen molar-refractivity contribution in [3.63, 3.8) is 0 Å². The van der Waals surface area contributed by atoms with E-state index in [2.05, 4.69) is 40.0 Å². The number of fused-ring (bicyclic) bond motifs is 1. The highest BCUT2D eigenvalue weighted by Crippen LogP contribution is 2.31. The molecule has 0 spiro atoms. The number of hydrogen-bond acceptors (Lipinski definition) is 3.